The molecule has 0 saturated carbocycles. The predicted octanol–water partition coefficient (Wildman–Crippen LogP) is 6.15. The molecular formula is C25H21F2N3O3. The molecule has 0 aliphatic carbocycles. The number of carbonyl (C=O) groups excluding carboxylic acids is 1. The van der Waals surface area contributed by atoms with Crippen molar-refractivity contribution in [3.8, 4) is 16.9 Å². The van der Waals surface area contributed by atoms with Crippen molar-refractivity contribution in [3.05, 3.63) is 78.2 Å². The maximum atomic E-state index is 13.5. The van der Waals surface area contributed by atoms with Gasteiger partial charge in [0.15, 0.2) is 17.2 Å². The van der Waals surface area contributed by atoms with Crippen LogP contribution in [-0.4, -0.2) is 29.6 Å². The van der Waals surface area contributed by atoms with E-state index in [1.54, 1.807) is 12.0 Å². The number of carbonyl (C=O) groups is 1. The van der Waals surface area contributed by atoms with Gasteiger partial charge in [-0.2, -0.15) is 0 Å². The van der Waals surface area contributed by atoms with Crippen molar-refractivity contribution < 1.29 is 22.7 Å². The number of oxazole rings is 1. The first-order valence-corrected chi connectivity index (χ1v) is 10.6. The summed E-state index contributed by atoms with van der Waals surface area (Å²) in [6.07, 6.45) is 1.48. The van der Waals surface area contributed by atoms with Gasteiger partial charge < -0.3 is 19.4 Å². The van der Waals surface area contributed by atoms with E-state index in [0.29, 0.717) is 30.0 Å². The Morgan fingerprint density at radius 3 is 2.76 bits per heavy atom. The minimum Gasteiger partial charge on any atom is -0.497 e. The largest absolute Gasteiger partial charge is 0.497 e. The maximum Gasteiger partial charge on any atom is 0.322 e. The summed E-state index contributed by atoms with van der Waals surface area (Å²) in [6.45, 7) is 0.508. The normalized spacial score (nSPS) is 15.7. The summed E-state index contributed by atoms with van der Waals surface area (Å²) in [5.74, 6) is -0.767. The summed E-state index contributed by atoms with van der Waals surface area (Å²) in [4.78, 5) is 19.1. The number of nitrogens with zero attached hydrogens (tertiary/aromatic N) is 2. The number of hydrogen-bond donors (Lipinski definition) is 1. The Labute approximate surface area is 188 Å². The molecule has 168 valence electrons. The Kier molecular flexibility index (Phi) is 5.42. The number of methoxy groups -OCH3 is 1. The molecule has 0 spiro atoms. The van der Waals surface area contributed by atoms with Crippen LogP contribution in [0.3, 0.4) is 0 Å². The number of amides is 2. The maximum absolute atomic E-state index is 13.5. The van der Waals surface area contributed by atoms with E-state index in [2.05, 4.69) is 10.3 Å². The molecule has 2 amide bonds. The van der Waals surface area contributed by atoms with Crippen LogP contribution in [0.2, 0.25) is 0 Å². The second-order valence-electron chi connectivity index (χ2n) is 7.88. The van der Waals surface area contributed by atoms with Crippen LogP contribution in [0.5, 0.6) is 5.75 Å². The molecule has 1 atom stereocenters. The molecule has 3 aromatic carbocycles. The third-order valence-electron chi connectivity index (χ3n) is 5.78. The summed E-state index contributed by atoms with van der Waals surface area (Å²) in [5.41, 5.74) is 3.47. The lowest BCUT2D eigenvalue weighted by Gasteiger charge is -2.22. The van der Waals surface area contributed by atoms with Gasteiger partial charge in [-0.05, 0) is 60.4 Å². The van der Waals surface area contributed by atoms with Crippen molar-refractivity contribution in [2.75, 3.05) is 19.0 Å². The molecule has 1 aliphatic rings. The smallest absolute Gasteiger partial charge is 0.322 e. The summed E-state index contributed by atoms with van der Waals surface area (Å²) in [6, 6.07) is 16.0. The molecule has 1 N–H and O–H groups in total. The number of aromatic nitrogens is 1. The lowest BCUT2D eigenvalue weighted by atomic mass is 10.1. The van der Waals surface area contributed by atoms with E-state index >= 15 is 0 Å². The number of ether oxygens (including phenoxy) is 1. The van der Waals surface area contributed by atoms with Crippen LogP contribution in [0.1, 0.15) is 24.8 Å². The molecule has 1 fully saturated rings. The van der Waals surface area contributed by atoms with Crippen molar-refractivity contribution in [3.63, 3.8) is 0 Å². The number of anilines is 1. The first kappa shape index (κ1) is 20.9. The van der Waals surface area contributed by atoms with Crippen LogP contribution in [0.25, 0.3) is 22.2 Å². The van der Waals surface area contributed by atoms with Gasteiger partial charge in [-0.1, -0.05) is 18.2 Å². The highest BCUT2D eigenvalue weighted by Gasteiger charge is 2.33. The third-order valence-corrected chi connectivity index (χ3v) is 5.78. The zero-order valence-corrected chi connectivity index (χ0v) is 17.8. The fourth-order valence-electron chi connectivity index (χ4n) is 4.11. The number of fused-ring (bicyclic) bond motifs is 1. The Morgan fingerprint density at radius 2 is 1.94 bits per heavy atom. The van der Waals surface area contributed by atoms with E-state index in [4.69, 9.17) is 9.15 Å². The predicted molar refractivity (Wildman–Crippen MR) is 120 cm³/mol. The molecule has 6 nitrogen and oxygen atoms in total. The summed E-state index contributed by atoms with van der Waals surface area (Å²) < 4.78 is 38.0. The van der Waals surface area contributed by atoms with Crippen LogP contribution in [0, 0.1) is 11.6 Å². The van der Waals surface area contributed by atoms with Crippen LogP contribution >= 0.6 is 0 Å². The fraction of sp³-hybridized carbons (Fsp3) is 0.200. The highest BCUT2D eigenvalue weighted by atomic mass is 19.2. The number of likely N-dealkylation sites (tertiary alicyclic amines) is 1. The van der Waals surface area contributed by atoms with Gasteiger partial charge in [0.25, 0.3) is 0 Å². The van der Waals surface area contributed by atoms with Gasteiger partial charge >= 0.3 is 6.03 Å². The third kappa shape index (κ3) is 4.11. The van der Waals surface area contributed by atoms with E-state index in [9.17, 15) is 13.6 Å². The van der Waals surface area contributed by atoms with Gasteiger partial charge in [-0.25, -0.2) is 18.6 Å². The standard InChI is InChI=1S/C25H21F2N3O3/c1-32-18-5-2-4-15(12-18)16-7-10-23-21(13-16)29-24(33-23)22-6-3-11-30(22)25(31)28-17-8-9-19(26)20(27)14-17/h2,4-5,7-10,12-14,22H,3,6,11H2,1H3,(H,28,31). The Bertz CT molecular complexity index is 1340. The lowest BCUT2D eigenvalue weighted by Crippen LogP contribution is -2.34. The van der Waals surface area contributed by atoms with Crippen molar-refractivity contribution in [1.29, 1.82) is 0 Å². The Hall–Kier alpha value is -3.94. The van der Waals surface area contributed by atoms with Crippen molar-refractivity contribution in [2.45, 2.75) is 18.9 Å². The van der Waals surface area contributed by atoms with Crippen molar-refractivity contribution in [2.24, 2.45) is 0 Å². The molecule has 0 bridgehead atoms. The number of hydrogen-bond acceptors (Lipinski definition) is 4. The number of urea groups is 1. The number of nitrogens with one attached hydrogen (secondary N) is 1. The molecule has 8 heteroatoms. The molecule has 2 heterocycles. The van der Waals surface area contributed by atoms with E-state index < -0.39 is 17.7 Å². The average molecular weight is 449 g/mol. The Morgan fingerprint density at radius 1 is 1.09 bits per heavy atom. The topological polar surface area (TPSA) is 67.6 Å². The number of halogens is 2. The summed E-state index contributed by atoms with van der Waals surface area (Å²) in [7, 11) is 1.63. The highest BCUT2D eigenvalue weighted by molar-refractivity contribution is 5.90. The van der Waals surface area contributed by atoms with E-state index in [0.717, 1.165) is 35.4 Å². The summed E-state index contributed by atoms with van der Waals surface area (Å²) >= 11 is 0. The van der Waals surface area contributed by atoms with Crippen molar-refractivity contribution in [1.82, 2.24) is 9.88 Å². The monoisotopic (exact) mass is 449 g/mol. The summed E-state index contributed by atoms with van der Waals surface area (Å²) in [5, 5.41) is 2.63. The van der Waals surface area contributed by atoms with E-state index in [1.165, 1.54) is 6.07 Å². The molecule has 1 saturated heterocycles. The van der Waals surface area contributed by atoms with Gasteiger partial charge in [-0.15, -0.1) is 0 Å². The van der Waals surface area contributed by atoms with E-state index in [1.807, 2.05) is 42.5 Å². The molecule has 33 heavy (non-hydrogen) atoms. The molecule has 1 unspecified atom stereocenters. The van der Waals surface area contributed by atoms with Gasteiger partial charge in [0.2, 0.25) is 5.89 Å². The van der Waals surface area contributed by atoms with E-state index in [-0.39, 0.29) is 11.7 Å². The molecule has 4 aromatic rings. The fourth-order valence-corrected chi connectivity index (χ4v) is 4.11. The van der Waals surface area contributed by atoms with Crippen LogP contribution in [0.4, 0.5) is 19.3 Å². The average Bonchev–Trinajstić information content (AvgIpc) is 3.48. The lowest BCUT2D eigenvalue weighted by molar-refractivity contribution is 0.199. The molecule has 1 aliphatic heterocycles. The Balaban J connectivity index is 1.39. The second-order valence-corrected chi connectivity index (χ2v) is 7.88. The minimum atomic E-state index is -1.02. The van der Waals surface area contributed by atoms with Gasteiger partial charge in [0.05, 0.1) is 7.11 Å². The first-order chi connectivity index (χ1) is 16.0. The zero-order chi connectivity index (χ0) is 22.9. The first-order valence-electron chi connectivity index (χ1n) is 10.6. The van der Waals surface area contributed by atoms with Crippen molar-refractivity contribution >= 4 is 22.8 Å². The molecule has 5 rings (SSSR count). The SMILES string of the molecule is COc1cccc(-c2ccc3oc(C4CCCN4C(=O)Nc4ccc(F)c(F)c4)nc3c2)c1. The van der Waals surface area contributed by atoms with Crippen LogP contribution in [0.15, 0.2) is 65.1 Å². The quantitative estimate of drug-likeness (QED) is 0.406. The molecule has 1 aromatic heterocycles. The van der Waals surface area contributed by atoms with Crippen LogP contribution < -0.4 is 10.1 Å². The second kappa shape index (κ2) is 8.54. The number of rotatable bonds is 4. The molecule has 0 radical (unpaired) electrons. The van der Waals surface area contributed by atoms with Crippen LogP contribution in [-0.2, 0) is 0 Å². The molecular weight excluding hydrogens is 428 g/mol. The van der Waals surface area contributed by atoms with Gasteiger partial charge in [0.1, 0.15) is 17.3 Å². The van der Waals surface area contributed by atoms with Gasteiger partial charge in [-0.3, -0.25) is 0 Å². The number of benzene rings is 3. The minimum absolute atomic E-state index is 0.185. The van der Waals surface area contributed by atoms with Gasteiger partial charge in [0, 0.05) is 18.3 Å². The highest BCUT2D eigenvalue weighted by Crippen LogP contribution is 2.35. The zero-order valence-electron chi connectivity index (χ0n) is 17.8.